The zero-order valence-corrected chi connectivity index (χ0v) is 13.4. The minimum absolute atomic E-state index is 0.00361. The lowest BCUT2D eigenvalue weighted by molar-refractivity contribution is -0.141. The second kappa shape index (κ2) is 8.91. The Hall–Kier alpha value is -1.39. The van der Waals surface area contributed by atoms with Gasteiger partial charge in [0.25, 0.3) is 0 Å². The number of likely N-dealkylation sites (tertiary alicyclic amines) is 1. The van der Waals surface area contributed by atoms with Crippen LogP contribution in [0.1, 0.15) is 64.2 Å². The van der Waals surface area contributed by atoms with Crippen LogP contribution in [0.25, 0.3) is 0 Å². The van der Waals surface area contributed by atoms with E-state index in [9.17, 15) is 9.59 Å². The van der Waals surface area contributed by atoms with Crippen molar-refractivity contribution in [3.05, 3.63) is 0 Å². The molecule has 0 aromatic rings. The van der Waals surface area contributed by atoms with Crippen molar-refractivity contribution in [1.29, 1.82) is 0 Å². The molecule has 0 bridgehead atoms. The molecule has 124 valence electrons. The fourth-order valence-corrected chi connectivity index (χ4v) is 3.28. The van der Waals surface area contributed by atoms with Crippen LogP contribution < -0.4 is 0 Å². The minimum atomic E-state index is -0.849. The Labute approximate surface area is 132 Å². The number of hydrogen-bond acceptors (Lipinski definition) is 3. The molecule has 0 aromatic carbocycles. The van der Waals surface area contributed by atoms with Gasteiger partial charge in [0, 0.05) is 31.8 Å². The normalized spacial score (nSPS) is 22.2. The second-order valence-electron chi connectivity index (χ2n) is 6.50. The molecule has 2 rings (SSSR count). The van der Waals surface area contributed by atoms with Gasteiger partial charge in [-0.3, -0.25) is 14.6 Å². The third-order valence-corrected chi connectivity index (χ3v) is 4.67. The molecular formula is C17H28N2O3. The molecule has 2 aliphatic rings. The molecule has 1 amide bonds. The van der Waals surface area contributed by atoms with E-state index in [0.717, 1.165) is 32.2 Å². The van der Waals surface area contributed by atoms with Crippen LogP contribution in [0.2, 0.25) is 0 Å². The highest BCUT2D eigenvalue weighted by atomic mass is 16.4. The highest BCUT2D eigenvalue weighted by molar-refractivity contribution is 5.86. The van der Waals surface area contributed by atoms with Gasteiger partial charge < -0.3 is 10.0 Å². The summed E-state index contributed by atoms with van der Waals surface area (Å²) in [7, 11) is 0. The maximum Gasteiger partial charge on any atom is 0.308 e. The Balaban J connectivity index is 1.51. The molecule has 5 heteroatoms. The number of carboxylic acids is 1. The Morgan fingerprint density at radius 3 is 2.55 bits per heavy atom. The summed E-state index contributed by atoms with van der Waals surface area (Å²) in [6, 6.07) is 0. The van der Waals surface area contributed by atoms with Crippen molar-refractivity contribution >= 4 is 17.6 Å². The molecule has 0 aromatic heterocycles. The predicted octanol–water partition coefficient (Wildman–Crippen LogP) is 2.89. The van der Waals surface area contributed by atoms with Crippen molar-refractivity contribution in [2.45, 2.75) is 64.2 Å². The lowest BCUT2D eigenvalue weighted by atomic mass is 9.98. The molecule has 1 aliphatic carbocycles. The van der Waals surface area contributed by atoms with Crippen LogP contribution >= 0.6 is 0 Å². The third kappa shape index (κ3) is 5.43. The number of aliphatic imine (C=N–C) groups is 1. The van der Waals surface area contributed by atoms with E-state index in [0.29, 0.717) is 13.1 Å². The van der Waals surface area contributed by atoms with Crippen LogP contribution in [0.5, 0.6) is 0 Å². The Kier molecular flexibility index (Phi) is 6.87. The van der Waals surface area contributed by atoms with Gasteiger partial charge in [-0.05, 0) is 38.5 Å². The minimum Gasteiger partial charge on any atom is -0.481 e. The van der Waals surface area contributed by atoms with Gasteiger partial charge in [0.1, 0.15) is 0 Å². The van der Waals surface area contributed by atoms with E-state index < -0.39 is 11.9 Å². The molecular weight excluding hydrogens is 280 g/mol. The first-order valence-corrected chi connectivity index (χ1v) is 8.69. The van der Waals surface area contributed by atoms with Gasteiger partial charge in [0.15, 0.2) is 0 Å². The molecule has 0 radical (unpaired) electrons. The standard InChI is InChI=1S/C17H28N2O3/c20-16-12-14(17(21)22)13-19(16)11-7-2-1-6-10-18-15-8-4-3-5-9-15/h14H,1-13H2,(H,21,22). The van der Waals surface area contributed by atoms with E-state index in [1.54, 1.807) is 4.90 Å². The summed E-state index contributed by atoms with van der Waals surface area (Å²) in [6.07, 6.45) is 10.9. The molecule has 1 aliphatic heterocycles. The average molecular weight is 308 g/mol. The number of unbranched alkanes of at least 4 members (excludes halogenated alkanes) is 3. The number of carbonyl (C=O) groups excluding carboxylic acids is 1. The number of nitrogens with zero attached hydrogens (tertiary/aromatic N) is 2. The number of amides is 1. The summed E-state index contributed by atoms with van der Waals surface area (Å²) in [6.45, 7) is 2.04. The summed E-state index contributed by atoms with van der Waals surface area (Å²) in [5.74, 6) is -1.35. The topological polar surface area (TPSA) is 70.0 Å². The van der Waals surface area contributed by atoms with Gasteiger partial charge in [-0.15, -0.1) is 0 Å². The average Bonchev–Trinajstić information content (AvgIpc) is 2.89. The van der Waals surface area contributed by atoms with Gasteiger partial charge in [-0.1, -0.05) is 19.3 Å². The van der Waals surface area contributed by atoms with E-state index in [2.05, 4.69) is 4.99 Å². The highest BCUT2D eigenvalue weighted by Gasteiger charge is 2.33. The Bertz CT molecular complexity index is 412. The number of carboxylic acid groups (broad SMARTS) is 1. The first kappa shape index (κ1) is 17.0. The van der Waals surface area contributed by atoms with Crippen LogP contribution in [0.4, 0.5) is 0 Å². The molecule has 1 unspecified atom stereocenters. The third-order valence-electron chi connectivity index (χ3n) is 4.67. The van der Waals surface area contributed by atoms with E-state index in [1.807, 2.05) is 0 Å². The van der Waals surface area contributed by atoms with Gasteiger partial charge in [0.05, 0.1) is 5.92 Å². The predicted molar refractivity (Wildman–Crippen MR) is 86.2 cm³/mol. The van der Waals surface area contributed by atoms with Crippen LogP contribution in [-0.2, 0) is 9.59 Å². The number of rotatable bonds is 8. The van der Waals surface area contributed by atoms with Crippen LogP contribution in [0.3, 0.4) is 0 Å². The smallest absolute Gasteiger partial charge is 0.308 e. The molecule has 22 heavy (non-hydrogen) atoms. The van der Waals surface area contributed by atoms with Gasteiger partial charge in [-0.2, -0.15) is 0 Å². The largest absolute Gasteiger partial charge is 0.481 e. The van der Waals surface area contributed by atoms with E-state index >= 15 is 0 Å². The van der Waals surface area contributed by atoms with Crippen molar-refractivity contribution in [3.8, 4) is 0 Å². The van der Waals surface area contributed by atoms with Crippen molar-refractivity contribution in [3.63, 3.8) is 0 Å². The first-order chi connectivity index (χ1) is 10.7. The van der Waals surface area contributed by atoms with Gasteiger partial charge in [-0.25, -0.2) is 0 Å². The lowest BCUT2D eigenvalue weighted by Crippen LogP contribution is -2.27. The number of aliphatic carboxylic acids is 1. The SMILES string of the molecule is O=C(O)C1CC(=O)N(CCCCCCN=C2CCCCC2)C1. The molecule has 1 N–H and O–H groups in total. The lowest BCUT2D eigenvalue weighted by Gasteiger charge is -2.15. The molecule has 1 saturated carbocycles. The van der Waals surface area contributed by atoms with Crippen LogP contribution in [0.15, 0.2) is 4.99 Å². The molecule has 2 fully saturated rings. The summed E-state index contributed by atoms with van der Waals surface area (Å²) >= 11 is 0. The number of carbonyl (C=O) groups is 2. The summed E-state index contributed by atoms with van der Waals surface area (Å²) in [4.78, 5) is 29.0. The van der Waals surface area contributed by atoms with Crippen LogP contribution in [0, 0.1) is 5.92 Å². The maximum atomic E-state index is 11.7. The highest BCUT2D eigenvalue weighted by Crippen LogP contribution is 2.19. The zero-order chi connectivity index (χ0) is 15.8. The van der Waals surface area contributed by atoms with Crippen molar-refractivity contribution in [2.75, 3.05) is 19.6 Å². The maximum absolute atomic E-state index is 11.7. The van der Waals surface area contributed by atoms with E-state index in [4.69, 9.17) is 5.11 Å². The monoisotopic (exact) mass is 308 g/mol. The molecule has 1 saturated heterocycles. The van der Waals surface area contributed by atoms with Gasteiger partial charge >= 0.3 is 5.97 Å². The molecule has 5 nitrogen and oxygen atoms in total. The second-order valence-corrected chi connectivity index (χ2v) is 6.50. The molecule has 1 atom stereocenters. The van der Waals surface area contributed by atoms with Crippen LogP contribution in [-0.4, -0.2) is 47.2 Å². The molecule has 0 spiro atoms. The summed E-state index contributed by atoms with van der Waals surface area (Å²) < 4.78 is 0. The van der Waals surface area contributed by atoms with Crippen molar-refractivity contribution in [1.82, 2.24) is 4.90 Å². The Morgan fingerprint density at radius 2 is 1.86 bits per heavy atom. The van der Waals surface area contributed by atoms with Crippen molar-refractivity contribution < 1.29 is 14.7 Å². The zero-order valence-electron chi connectivity index (χ0n) is 13.4. The van der Waals surface area contributed by atoms with E-state index in [1.165, 1.54) is 37.8 Å². The fourth-order valence-electron chi connectivity index (χ4n) is 3.28. The first-order valence-electron chi connectivity index (χ1n) is 8.69. The summed E-state index contributed by atoms with van der Waals surface area (Å²) in [5, 5.41) is 8.93. The molecule has 1 heterocycles. The van der Waals surface area contributed by atoms with Gasteiger partial charge in [0.2, 0.25) is 5.91 Å². The van der Waals surface area contributed by atoms with Crippen molar-refractivity contribution in [2.24, 2.45) is 10.9 Å². The van der Waals surface area contributed by atoms with E-state index in [-0.39, 0.29) is 12.3 Å². The fraction of sp³-hybridized carbons (Fsp3) is 0.824. The Morgan fingerprint density at radius 1 is 1.14 bits per heavy atom. The quantitative estimate of drug-likeness (QED) is 0.701. The number of hydrogen-bond donors (Lipinski definition) is 1. The summed E-state index contributed by atoms with van der Waals surface area (Å²) in [5.41, 5.74) is 1.41.